The highest BCUT2D eigenvalue weighted by Crippen LogP contribution is 2.38. The molecule has 1 aromatic carbocycles. The molecular weight excluding hydrogens is 448 g/mol. The number of sulfonamides is 1. The zero-order chi connectivity index (χ0) is 24.8. The Morgan fingerprint density at radius 1 is 1.15 bits per heavy atom. The number of hydrogen-bond acceptors (Lipinski definition) is 6. The van der Waals surface area contributed by atoms with Crippen LogP contribution >= 0.6 is 0 Å². The third kappa shape index (κ3) is 4.98. The van der Waals surface area contributed by atoms with Gasteiger partial charge in [-0.3, -0.25) is 4.79 Å². The first-order chi connectivity index (χ1) is 15.9. The number of aromatic nitrogens is 1. The maximum atomic E-state index is 13.3. The molecule has 3 N–H and O–H groups in total. The van der Waals surface area contributed by atoms with Crippen LogP contribution < -0.4 is 15.4 Å². The van der Waals surface area contributed by atoms with E-state index in [1.165, 1.54) is 0 Å². The number of carbonyl (C=O) groups is 1. The maximum Gasteiger partial charge on any atom is 0.268 e. The van der Waals surface area contributed by atoms with E-state index in [2.05, 4.69) is 48.6 Å². The second kappa shape index (κ2) is 8.96. The monoisotopic (exact) mass is 484 g/mol. The van der Waals surface area contributed by atoms with Gasteiger partial charge >= 0.3 is 0 Å². The Bertz CT molecular complexity index is 1190. The van der Waals surface area contributed by atoms with Gasteiger partial charge in [0.2, 0.25) is 10.0 Å². The zero-order valence-electron chi connectivity index (χ0n) is 20.8. The minimum absolute atomic E-state index is 0.141. The van der Waals surface area contributed by atoms with Gasteiger partial charge in [-0.05, 0) is 83.6 Å². The molecule has 1 saturated carbocycles. The number of nitrogens with zero attached hydrogens (tertiary/aromatic N) is 2. The summed E-state index contributed by atoms with van der Waals surface area (Å²) < 4.78 is 28.2. The highest BCUT2D eigenvalue weighted by Gasteiger charge is 2.40. The van der Waals surface area contributed by atoms with Crippen molar-refractivity contribution in [1.29, 1.82) is 0 Å². The molecule has 0 radical (unpaired) electrons. The Kier molecular flexibility index (Phi) is 6.50. The minimum Gasteiger partial charge on any atom is -0.351 e. The van der Waals surface area contributed by atoms with E-state index in [0.29, 0.717) is 31.0 Å². The number of nitrogens with one attached hydrogen (secondary N) is 1. The molecule has 8 heteroatoms. The van der Waals surface area contributed by atoms with Crippen LogP contribution in [0.25, 0.3) is 11.3 Å². The van der Waals surface area contributed by atoms with Crippen LogP contribution in [0.15, 0.2) is 30.3 Å². The van der Waals surface area contributed by atoms with Crippen molar-refractivity contribution in [2.75, 3.05) is 11.4 Å². The SMILES string of the molecule is Cc1cc(C)cc(-c2ccc(C(=O)NS(=O)(=O)C3CC[C@H](N)C3)c(N3C[C@@H](C)CC3(C)C)n2)c1. The molecular formula is C26H36N4O3S. The second-order valence-electron chi connectivity index (χ2n) is 10.8. The summed E-state index contributed by atoms with van der Waals surface area (Å²) in [5.74, 6) is 0.327. The van der Waals surface area contributed by atoms with E-state index in [1.807, 2.05) is 13.8 Å². The molecule has 2 heterocycles. The van der Waals surface area contributed by atoms with Gasteiger partial charge in [-0.25, -0.2) is 18.1 Å². The van der Waals surface area contributed by atoms with Gasteiger partial charge in [0.15, 0.2) is 0 Å². The number of carbonyl (C=O) groups excluding carboxylic acids is 1. The fourth-order valence-corrected chi connectivity index (χ4v) is 7.08. The Morgan fingerprint density at radius 3 is 2.38 bits per heavy atom. The van der Waals surface area contributed by atoms with E-state index in [1.54, 1.807) is 12.1 Å². The Balaban J connectivity index is 1.75. The second-order valence-corrected chi connectivity index (χ2v) is 12.8. The summed E-state index contributed by atoms with van der Waals surface area (Å²) in [6, 6.07) is 9.63. The Labute approximate surface area is 203 Å². The molecule has 1 aliphatic heterocycles. The molecule has 3 atom stereocenters. The predicted molar refractivity (Wildman–Crippen MR) is 136 cm³/mol. The van der Waals surface area contributed by atoms with Crippen LogP contribution in [0.5, 0.6) is 0 Å². The van der Waals surface area contributed by atoms with Crippen molar-refractivity contribution in [2.24, 2.45) is 11.7 Å². The molecule has 34 heavy (non-hydrogen) atoms. The summed E-state index contributed by atoms with van der Waals surface area (Å²) in [6.45, 7) is 11.3. The molecule has 4 rings (SSSR count). The number of hydrogen-bond donors (Lipinski definition) is 2. The van der Waals surface area contributed by atoms with E-state index in [0.717, 1.165) is 35.3 Å². The average Bonchev–Trinajstić information content (AvgIpc) is 3.28. The van der Waals surface area contributed by atoms with Crippen LogP contribution in [-0.2, 0) is 10.0 Å². The number of nitrogens with two attached hydrogens (primary N) is 1. The fourth-order valence-electron chi connectivity index (χ4n) is 5.60. The van der Waals surface area contributed by atoms with Crippen molar-refractivity contribution in [1.82, 2.24) is 9.71 Å². The number of benzene rings is 1. The van der Waals surface area contributed by atoms with Gasteiger partial charge in [0, 0.05) is 23.7 Å². The van der Waals surface area contributed by atoms with Crippen LogP contribution in [-0.4, -0.2) is 42.7 Å². The zero-order valence-corrected chi connectivity index (χ0v) is 21.6. The minimum atomic E-state index is -3.82. The largest absolute Gasteiger partial charge is 0.351 e. The molecule has 1 aromatic heterocycles. The molecule has 1 amide bonds. The lowest BCUT2D eigenvalue weighted by Crippen LogP contribution is -2.42. The molecule has 7 nitrogen and oxygen atoms in total. The lowest BCUT2D eigenvalue weighted by molar-refractivity contribution is 0.0981. The third-order valence-corrected chi connectivity index (χ3v) is 8.84. The van der Waals surface area contributed by atoms with Crippen molar-refractivity contribution < 1.29 is 13.2 Å². The van der Waals surface area contributed by atoms with Crippen LogP contribution in [0.3, 0.4) is 0 Å². The summed E-state index contributed by atoms with van der Waals surface area (Å²) in [7, 11) is -3.82. The molecule has 2 fully saturated rings. The first-order valence-electron chi connectivity index (χ1n) is 12.0. The van der Waals surface area contributed by atoms with Crippen molar-refractivity contribution in [2.45, 2.75) is 77.1 Å². The summed E-state index contributed by atoms with van der Waals surface area (Å²) in [4.78, 5) is 20.4. The van der Waals surface area contributed by atoms with Crippen LogP contribution in [0.1, 0.15) is 67.9 Å². The van der Waals surface area contributed by atoms with Gasteiger partial charge in [-0.2, -0.15) is 0 Å². The van der Waals surface area contributed by atoms with Gasteiger partial charge in [-0.15, -0.1) is 0 Å². The van der Waals surface area contributed by atoms with Crippen molar-refractivity contribution in [3.63, 3.8) is 0 Å². The van der Waals surface area contributed by atoms with Crippen molar-refractivity contribution in [3.05, 3.63) is 47.0 Å². The average molecular weight is 485 g/mol. The van der Waals surface area contributed by atoms with Gasteiger partial charge in [0.25, 0.3) is 5.91 Å². The van der Waals surface area contributed by atoms with Gasteiger partial charge < -0.3 is 10.6 Å². The van der Waals surface area contributed by atoms with Crippen LogP contribution in [0.2, 0.25) is 0 Å². The molecule has 2 aromatic rings. The van der Waals surface area contributed by atoms with E-state index >= 15 is 0 Å². The summed E-state index contributed by atoms with van der Waals surface area (Å²) in [5, 5.41) is -0.638. The molecule has 1 saturated heterocycles. The summed E-state index contributed by atoms with van der Waals surface area (Å²) in [6.07, 6.45) is 2.45. The maximum absolute atomic E-state index is 13.3. The smallest absolute Gasteiger partial charge is 0.268 e. The summed E-state index contributed by atoms with van der Waals surface area (Å²) >= 11 is 0. The van der Waals surface area contributed by atoms with Crippen molar-refractivity contribution in [3.8, 4) is 11.3 Å². The molecule has 2 aliphatic rings. The number of pyridine rings is 1. The number of rotatable bonds is 5. The highest BCUT2D eigenvalue weighted by atomic mass is 32.2. The van der Waals surface area contributed by atoms with E-state index in [-0.39, 0.29) is 17.1 Å². The molecule has 1 aliphatic carbocycles. The lowest BCUT2D eigenvalue weighted by Gasteiger charge is -2.34. The number of aryl methyl sites for hydroxylation is 2. The normalized spacial score (nSPS) is 24.4. The standard InChI is InChI=1S/C26H36N4O3S/c1-16-10-17(2)12-19(11-16)23-9-8-22(24(28-23)30-15-18(3)14-26(30,4)5)25(31)29-34(32,33)21-7-6-20(27)13-21/h8-12,18,20-21H,6-7,13-15,27H2,1-5H3,(H,29,31)/t18-,20-,21?/m0/s1. The molecule has 0 spiro atoms. The first kappa shape index (κ1) is 24.7. The predicted octanol–water partition coefficient (Wildman–Crippen LogP) is 3.93. The third-order valence-electron chi connectivity index (χ3n) is 7.06. The van der Waals surface area contributed by atoms with E-state index < -0.39 is 21.2 Å². The van der Waals surface area contributed by atoms with Gasteiger partial charge in [0.1, 0.15) is 5.82 Å². The lowest BCUT2D eigenvalue weighted by atomic mass is 9.97. The van der Waals surface area contributed by atoms with Gasteiger partial charge in [0.05, 0.1) is 16.5 Å². The van der Waals surface area contributed by atoms with Crippen molar-refractivity contribution >= 4 is 21.7 Å². The Morgan fingerprint density at radius 2 is 1.82 bits per heavy atom. The van der Waals surface area contributed by atoms with Gasteiger partial charge in [-0.1, -0.05) is 24.1 Å². The molecule has 1 unspecified atom stereocenters. The molecule has 184 valence electrons. The Hall–Kier alpha value is -2.45. The highest BCUT2D eigenvalue weighted by molar-refractivity contribution is 7.90. The number of anilines is 1. The molecule has 0 bridgehead atoms. The van der Waals surface area contributed by atoms with E-state index in [4.69, 9.17) is 10.7 Å². The number of amides is 1. The summed E-state index contributed by atoms with van der Waals surface area (Å²) in [5.41, 5.74) is 9.99. The first-order valence-corrected chi connectivity index (χ1v) is 13.6. The fraction of sp³-hybridized carbons (Fsp3) is 0.538. The quantitative estimate of drug-likeness (QED) is 0.666. The van der Waals surface area contributed by atoms with Crippen LogP contribution in [0.4, 0.5) is 5.82 Å². The van der Waals surface area contributed by atoms with Crippen LogP contribution in [0, 0.1) is 19.8 Å². The topological polar surface area (TPSA) is 105 Å². The van der Waals surface area contributed by atoms with E-state index in [9.17, 15) is 13.2 Å².